The first-order chi connectivity index (χ1) is 26.3. The smallest absolute Gasteiger partial charge is 0.143 e. The fraction of sp³-hybridized carbons (Fsp3) is 0.0196. The highest BCUT2D eigenvalue weighted by Gasteiger charge is 2.24. The van der Waals surface area contributed by atoms with E-state index in [1.54, 1.807) is 0 Å². The Balaban J connectivity index is 1.24. The maximum absolute atomic E-state index is 7.02. The van der Waals surface area contributed by atoms with Crippen LogP contribution < -0.4 is 0 Å². The first-order valence-corrected chi connectivity index (χ1v) is 18.2. The standard InChI is InChI=1S/C51H32O2/c1-31-29-52-30-44(31)49-39-23-11-9-21-37(39)47(38-22-10-12-24-40(38)49)41-25-14-28-45-50(41)43-27-13-26-42(51(43)53-45)48-35-19-7-5-17-33(35)46(32-15-3-2-4-16-32)34-18-6-8-20-36(34)48/h2-30H,1H3. The van der Waals surface area contributed by atoms with E-state index in [0.29, 0.717) is 0 Å². The fourth-order valence-electron chi connectivity index (χ4n) is 8.91. The van der Waals surface area contributed by atoms with Crippen molar-refractivity contribution in [1.29, 1.82) is 0 Å². The lowest BCUT2D eigenvalue weighted by atomic mass is 9.84. The summed E-state index contributed by atoms with van der Waals surface area (Å²) in [6.07, 6.45) is 3.72. The van der Waals surface area contributed by atoms with Gasteiger partial charge >= 0.3 is 0 Å². The van der Waals surface area contributed by atoms with Crippen molar-refractivity contribution in [3.05, 3.63) is 182 Å². The van der Waals surface area contributed by atoms with E-state index in [1.807, 2.05) is 12.5 Å². The maximum atomic E-state index is 7.02. The summed E-state index contributed by atoms with van der Waals surface area (Å²) in [4.78, 5) is 0. The Hall–Kier alpha value is -6.90. The van der Waals surface area contributed by atoms with E-state index < -0.39 is 0 Å². The number of hydrogen-bond acceptors (Lipinski definition) is 2. The minimum atomic E-state index is 0.877. The first-order valence-electron chi connectivity index (χ1n) is 18.2. The highest BCUT2D eigenvalue weighted by Crippen LogP contribution is 2.50. The molecule has 0 N–H and O–H groups in total. The van der Waals surface area contributed by atoms with Crippen LogP contribution in [0.5, 0.6) is 0 Å². The third kappa shape index (κ3) is 4.33. The molecule has 0 bridgehead atoms. The zero-order chi connectivity index (χ0) is 35.0. The molecule has 0 spiro atoms. The van der Waals surface area contributed by atoms with Crippen molar-refractivity contribution in [3.8, 4) is 44.5 Å². The minimum Gasteiger partial charge on any atom is -0.472 e. The van der Waals surface area contributed by atoms with Crippen molar-refractivity contribution in [3.63, 3.8) is 0 Å². The summed E-state index contributed by atoms with van der Waals surface area (Å²) < 4.78 is 12.7. The van der Waals surface area contributed by atoms with Crippen LogP contribution in [0.3, 0.4) is 0 Å². The fourth-order valence-corrected chi connectivity index (χ4v) is 8.91. The molecule has 0 fully saturated rings. The van der Waals surface area contributed by atoms with Gasteiger partial charge < -0.3 is 8.83 Å². The molecule has 0 atom stereocenters. The van der Waals surface area contributed by atoms with Gasteiger partial charge in [-0.1, -0.05) is 158 Å². The molecule has 248 valence electrons. The highest BCUT2D eigenvalue weighted by atomic mass is 16.3. The third-order valence-corrected chi connectivity index (χ3v) is 11.1. The minimum absolute atomic E-state index is 0.877. The molecule has 0 amide bonds. The van der Waals surface area contributed by atoms with Crippen molar-refractivity contribution >= 4 is 65.0 Å². The maximum Gasteiger partial charge on any atom is 0.143 e. The van der Waals surface area contributed by atoms with Crippen molar-refractivity contribution < 1.29 is 8.83 Å². The molecule has 0 aliphatic carbocycles. The number of furan rings is 2. The summed E-state index contributed by atoms with van der Waals surface area (Å²) in [7, 11) is 0. The molecule has 11 rings (SSSR count). The highest BCUT2D eigenvalue weighted by molar-refractivity contribution is 6.28. The quantitative estimate of drug-likeness (QED) is 0.173. The summed E-state index contributed by atoms with van der Waals surface area (Å²) in [5.74, 6) is 0. The Labute approximate surface area is 306 Å². The second kappa shape index (κ2) is 11.6. The first kappa shape index (κ1) is 29.8. The second-order valence-electron chi connectivity index (χ2n) is 14.0. The topological polar surface area (TPSA) is 26.3 Å². The number of benzene rings is 9. The van der Waals surface area contributed by atoms with E-state index in [-0.39, 0.29) is 0 Å². The molecule has 11 aromatic rings. The van der Waals surface area contributed by atoms with Gasteiger partial charge in [-0.25, -0.2) is 0 Å². The molecule has 0 radical (unpaired) electrons. The van der Waals surface area contributed by atoms with Gasteiger partial charge in [-0.3, -0.25) is 0 Å². The lowest BCUT2D eigenvalue weighted by Gasteiger charge is -2.18. The van der Waals surface area contributed by atoms with Crippen molar-refractivity contribution in [2.75, 3.05) is 0 Å². The zero-order valence-electron chi connectivity index (χ0n) is 29.1. The average Bonchev–Trinajstić information content (AvgIpc) is 3.82. The van der Waals surface area contributed by atoms with Crippen LogP contribution in [0.4, 0.5) is 0 Å². The van der Waals surface area contributed by atoms with Crippen LogP contribution in [0.2, 0.25) is 0 Å². The van der Waals surface area contributed by atoms with Crippen molar-refractivity contribution in [2.24, 2.45) is 0 Å². The van der Waals surface area contributed by atoms with Crippen LogP contribution in [0.1, 0.15) is 5.56 Å². The third-order valence-electron chi connectivity index (χ3n) is 11.1. The normalized spacial score (nSPS) is 11.9. The Morgan fingerprint density at radius 3 is 1.30 bits per heavy atom. The Morgan fingerprint density at radius 2 is 0.774 bits per heavy atom. The SMILES string of the molecule is Cc1cocc1-c1c2ccccc2c(-c2cccc3oc4c(-c5c6ccccc6c(-c6ccccc6)c6ccccc56)cccc4c23)c2ccccc12. The Morgan fingerprint density at radius 1 is 0.340 bits per heavy atom. The molecule has 0 aliphatic rings. The lowest BCUT2D eigenvalue weighted by Crippen LogP contribution is -1.91. The van der Waals surface area contributed by atoms with Crippen LogP contribution in [0.25, 0.3) is 110 Å². The molecule has 2 heterocycles. The Bertz CT molecular complexity index is 3120. The van der Waals surface area contributed by atoms with Gasteiger partial charge in [-0.15, -0.1) is 0 Å². The number of fused-ring (bicyclic) bond motifs is 7. The van der Waals surface area contributed by atoms with Gasteiger partial charge in [0.15, 0.2) is 0 Å². The second-order valence-corrected chi connectivity index (χ2v) is 14.0. The molecule has 2 heteroatoms. The molecular formula is C51H32O2. The number of hydrogen-bond donors (Lipinski definition) is 0. The van der Waals surface area contributed by atoms with Gasteiger partial charge in [0.1, 0.15) is 11.2 Å². The van der Waals surface area contributed by atoms with Gasteiger partial charge in [-0.05, 0) is 83.9 Å². The number of rotatable bonds is 4. The van der Waals surface area contributed by atoms with E-state index in [9.17, 15) is 0 Å². The summed E-state index contributed by atoms with van der Waals surface area (Å²) in [5, 5.41) is 11.9. The van der Waals surface area contributed by atoms with Gasteiger partial charge in [0.25, 0.3) is 0 Å². The van der Waals surface area contributed by atoms with Gasteiger partial charge in [0.05, 0.1) is 12.5 Å². The summed E-state index contributed by atoms with van der Waals surface area (Å²) in [6, 6.07) is 59.1. The molecule has 9 aromatic carbocycles. The monoisotopic (exact) mass is 676 g/mol. The van der Waals surface area contributed by atoms with E-state index >= 15 is 0 Å². The van der Waals surface area contributed by atoms with Gasteiger partial charge in [-0.2, -0.15) is 0 Å². The largest absolute Gasteiger partial charge is 0.472 e. The molecular weight excluding hydrogens is 645 g/mol. The van der Waals surface area contributed by atoms with Crippen molar-refractivity contribution in [2.45, 2.75) is 6.92 Å². The molecule has 2 aromatic heterocycles. The van der Waals surface area contributed by atoms with E-state index in [0.717, 1.165) is 44.2 Å². The summed E-state index contributed by atoms with van der Waals surface area (Å²) in [5.41, 5.74) is 12.4. The molecule has 0 saturated heterocycles. The zero-order valence-corrected chi connectivity index (χ0v) is 29.1. The Kier molecular flexibility index (Phi) is 6.50. The van der Waals surface area contributed by atoms with Crippen LogP contribution >= 0.6 is 0 Å². The van der Waals surface area contributed by atoms with Crippen molar-refractivity contribution in [1.82, 2.24) is 0 Å². The molecule has 0 aliphatic heterocycles. The van der Waals surface area contributed by atoms with E-state index in [4.69, 9.17) is 8.83 Å². The van der Waals surface area contributed by atoms with Crippen LogP contribution in [-0.2, 0) is 0 Å². The summed E-state index contributed by atoms with van der Waals surface area (Å²) >= 11 is 0. The number of aryl methyl sites for hydroxylation is 1. The lowest BCUT2D eigenvalue weighted by molar-refractivity contribution is 0.566. The molecule has 0 unspecified atom stereocenters. The predicted octanol–water partition coefficient (Wildman–Crippen LogP) is 14.8. The average molecular weight is 677 g/mol. The van der Waals surface area contributed by atoms with Gasteiger partial charge in [0, 0.05) is 33.0 Å². The van der Waals surface area contributed by atoms with E-state index in [1.165, 1.54) is 70.9 Å². The summed E-state index contributed by atoms with van der Waals surface area (Å²) in [6.45, 7) is 2.12. The molecule has 0 saturated carbocycles. The van der Waals surface area contributed by atoms with Crippen LogP contribution in [-0.4, -0.2) is 0 Å². The van der Waals surface area contributed by atoms with Crippen LogP contribution in [0, 0.1) is 6.92 Å². The molecule has 2 nitrogen and oxygen atoms in total. The van der Waals surface area contributed by atoms with Crippen LogP contribution in [0.15, 0.2) is 185 Å². The molecule has 53 heavy (non-hydrogen) atoms. The van der Waals surface area contributed by atoms with E-state index in [2.05, 4.69) is 171 Å². The van der Waals surface area contributed by atoms with Gasteiger partial charge in [0.2, 0.25) is 0 Å². The number of para-hydroxylation sites is 1. The predicted molar refractivity (Wildman–Crippen MR) is 222 cm³/mol.